The molecule has 1 fully saturated rings. The highest BCUT2D eigenvalue weighted by atomic mass is 16.5. The Kier molecular flexibility index (Phi) is 5.30. The van der Waals surface area contributed by atoms with Gasteiger partial charge in [-0.2, -0.15) is 0 Å². The van der Waals surface area contributed by atoms with Crippen molar-refractivity contribution in [2.45, 2.75) is 37.5 Å². The first kappa shape index (κ1) is 20.1. The van der Waals surface area contributed by atoms with E-state index in [1.165, 1.54) is 18.9 Å². The molecule has 2 aromatic carbocycles. The molecule has 4 rings (SSSR count). The number of nitrogens with zero attached hydrogens (tertiary/aromatic N) is 1. The number of likely N-dealkylation sites (tertiary alicyclic amines) is 1. The first-order chi connectivity index (χ1) is 14.4. The number of esters is 1. The van der Waals surface area contributed by atoms with Crippen molar-refractivity contribution in [3.05, 3.63) is 59.7 Å². The molecule has 3 atom stereocenters. The maximum absolute atomic E-state index is 13.1. The van der Waals surface area contributed by atoms with E-state index < -0.39 is 36.0 Å². The average Bonchev–Trinajstić information content (AvgIpc) is 3.30. The van der Waals surface area contributed by atoms with Crippen molar-refractivity contribution in [3.63, 3.8) is 0 Å². The van der Waals surface area contributed by atoms with Crippen LogP contribution in [0.25, 0.3) is 11.1 Å². The molecule has 0 aromatic heterocycles. The van der Waals surface area contributed by atoms with Crippen molar-refractivity contribution < 1.29 is 24.2 Å². The van der Waals surface area contributed by atoms with E-state index in [1.807, 2.05) is 48.5 Å². The standard InChI is InChI=1S/C23H24N2O5/c1-13(26)25-12-14(27)11-19(25)22(28)24-21(23(29)30-2)20-17-9-5-3-7-15(17)16-8-4-6-10-18(16)20/h3-10,14,19-21,27H,11-12H2,1-2H3,(H,24,28)/t14-,19+,21-/m1/s1. The molecule has 0 unspecified atom stereocenters. The van der Waals surface area contributed by atoms with Crippen LogP contribution in [0.1, 0.15) is 30.4 Å². The number of benzene rings is 2. The first-order valence-electron chi connectivity index (χ1n) is 9.94. The van der Waals surface area contributed by atoms with Gasteiger partial charge in [-0.15, -0.1) is 0 Å². The van der Waals surface area contributed by atoms with E-state index in [2.05, 4.69) is 5.32 Å². The lowest BCUT2D eigenvalue weighted by atomic mass is 9.89. The molecule has 2 amide bonds. The third-order valence-corrected chi connectivity index (χ3v) is 5.95. The highest BCUT2D eigenvalue weighted by molar-refractivity contribution is 5.93. The second-order valence-electron chi connectivity index (χ2n) is 7.74. The maximum Gasteiger partial charge on any atom is 0.329 e. The molecule has 0 radical (unpaired) electrons. The second kappa shape index (κ2) is 7.91. The fourth-order valence-corrected chi connectivity index (χ4v) is 4.62. The highest BCUT2D eigenvalue weighted by Gasteiger charge is 2.43. The number of aliphatic hydroxyl groups excluding tert-OH is 1. The van der Waals surface area contributed by atoms with E-state index in [9.17, 15) is 19.5 Å². The van der Waals surface area contributed by atoms with Gasteiger partial charge in [-0.05, 0) is 22.3 Å². The number of ether oxygens (including phenoxy) is 1. The fraction of sp³-hybridized carbons (Fsp3) is 0.348. The first-order valence-corrected chi connectivity index (χ1v) is 9.94. The zero-order valence-electron chi connectivity index (χ0n) is 16.9. The number of aliphatic hydroxyl groups is 1. The molecule has 1 aliphatic heterocycles. The van der Waals surface area contributed by atoms with Crippen molar-refractivity contribution in [2.75, 3.05) is 13.7 Å². The summed E-state index contributed by atoms with van der Waals surface area (Å²) in [4.78, 5) is 39.1. The molecule has 0 saturated carbocycles. The number of amides is 2. The van der Waals surface area contributed by atoms with Gasteiger partial charge >= 0.3 is 5.97 Å². The lowest BCUT2D eigenvalue weighted by Gasteiger charge is -2.28. The van der Waals surface area contributed by atoms with Crippen molar-refractivity contribution >= 4 is 17.8 Å². The Bertz CT molecular complexity index is 959. The van der Waals surface area contributed by atoms with Crippen molar-refractivity contribution in [2.24, 2.45) is 0 Å². The topological polar surface area (TPSA) is 95.9 Å². The van der Waals surface area contributed by atoms with E-state index in [0.717, 1.165) is 22.3 Å². The summed E-state index contributed by atoms with van der Waals surface area (Å²) in [5.74, 6) is -1.74. The molecule has 0 bridgehead atoms. The number of fused-ring (bicyclic) bond motifs is 3. The summed E-state index contributed by atoms with van der Waals surface area (Å²) >= 11 is 0. The van der Waals surface area contributed by atoms with Gasteiger partial charge in [-0.3, -0.25) is 9.59 Å². The highest BCUT2D eigenvalue weighted by Crippen LogP contribution is 2.46. The molecule has 2 aromatic rings. The van der Waals surface area contributed by atoms with Gasteiger partial charge in [0, 0.05) is 25.8 Å². The van der Waals surface area contributed by atoms with Crippen LogP contribution in [0, 0.1) is 0 Å². The number of carbonyl (C=O) groups is 3. The zero-order chi connectivity index (χ0) is 21.4. The van der Waals surface area contributed by atoms with E-state index in [-0.39, 0.29) is 18.9 Å². The summed E-state index contributed by atoms with van der Waals surface area (Å²) in [6.45, 7) is 1.46. The van der Waals surface area contributed by atoms with Crippen LogP contribution in [0.2, 0.25) is 0 Å². The molecule has 1 heterocycles. The Balaban J connectivity index is 1.70. The number of hydrogen-bond donors (Lipinski definition) is 2. The van der Waals surface area contributed by atoms with Gasteiger partial charge < -0.3 is 20.1 Å². The van der Waals surface area contributed by atoms with Crippen molar-refractivity contribution in [3.8, 4) is 11.1 Å². The minimum Gasteiger partial charge on any atom is -0.467 e. The molecule has 1 aliphatic carbocycles. The van der Waals surface area contributed by atoms with Crippen LogP contribution >= 0.6 is 0 Å². The number of nitrogens with one attached hydrogen (secondary N) is 1. The van der Waals surface area contributed by atoms with Crippen LogP contribution in [-0.4, -0.2) is 59.6 Å². The molecular formula is C23H24N2O5. The van der Waals surface area contributed by atoms with Crippen LogP contribution in [0.5, 0.6) is 0 Å². The van der Waals surface area contributed by atoms with Gasteiger partial charge in [-0.25, -0.2) is 4.79 Å². The number of rotatable bonds is 4. The molecule has 156 valence electrons. The molecule has 7 heteroatoms. The quantitative estimate of drug-likeness (QED) is 0.747. The smallest absolute Gasteiger partial charge is 0.329 e. The van der Waals surface area contributed by atoms with Gasteiger partial charge in [0.1, 0.15) is 12.1 Å². The summed E-state index contributed by atoms with van der Waals surface area (Å²) < 4.78 is 5.03. The maximum atomic E-state index is 13.1. The summed E-state index contributed by atoms with van der Waals surface area (Å²) in [6, 6.07) is 13.8. The van der Waals surface area contributed by atoms with Crippen LogP contribution < -0.4 is 5.32 Å². The average molecular weight is 408 g/mol. The van der Waals surface area contributed by atoms with Crippen LogP contribution in [0.3, 0.4) is 0 Å². The van der Waals surface area contributed by atoms with E-state index in [4.69, 9.17) is 4.74 Å². The third-order valence-electron chi connectivity index (χ3n) is 5.95. The molecule has 2 N–H and O–H groups in total. The predicted octanol–water partition coefficient (Wildman–Crippen LogP) is 1.44. The Morgan fingerprint density at radius 1 is 1.07 bits per heavy atom. The fourth-order valence-electron chi connectivity index (χ4n) is 4.62. The lowest BCUT2D eigenvalue weighted by Crippen LogP contribution is -2.52. The summed E-state index contributed by atoms with van der Waals surface area (Å²) in [6.07, 6.45) is -0.633. The predicted molar refractivity (Wildman–Crippen MR) is 109 cm³/mol. The number of methoxy groups -OCH3 is 1. The van der Waals surface area contributed by atoms with Gasteiger partial charge in [-0.1, -0.05) is 48.5 Å². The Hall–Kier alpha value is -3.19. The van der Waals surface area contributed by atoms with Gasteiger partial charge in [0.2, 0.25) is 11.8 Å². The number of carbonyl (C=O) groups excluding carboxylic acids is 3. The zero-order valence-corrected chi connectivity index (χ0v) is 16.9. The van der Waals surface area contributed by atoms with Gasteiger partial charge in [0.25, 0.3) is 0 Å². The van der Waals surface area contributed by atoms with E-state index in [1.54, 1.807) is 0 Å². The van der Waals surface area contributed by atoms with E-state index >= 15 is 0 Å². The monoisotopic (exact) mass is 408 g/mol. The van der Waals surface area contributed by atoms with Crippen LogP contribution in [0.15, 0.2) is 48.5 Å². The van der Waals surface area contributed by atoms with E-state index in [0.29, 0.717) is 0 Å². The Morgan fingerprint density at radius 3 is 2.17 bits per heavy atom. The van der Waals surface area contributed by atoms with Gasteiger partial charge in [0.05, 0.1) is 13.2 Å². The molecule has 1 saturated heterocycles. The third kappa shape index (κ3) is 3.35. The molecular weight excluding hydrogens is 384 g/mol. The van der Waals surface area contributed by atoms with Crippen molar-refractivity contribution in [1.29, 1.82) is 0 Å². The lowest BCUT2D eigenvalue weighted by molar-refractivity contribution is -0.146. The summed E-state index contributed by atoms with van der Waals surface area (Å²) in [7, 11) is 1.29. The van der Waals surface area contributed by atoms with Crippen LogP contribution in [-0.2, 0) is 19.1 Å². The Labute approximate surface area is 174 Å². The van der Waals surface area contributed by atoms with Crippen LogP contribution in [0.4, 0.5) is 0 Å². The number of β-amino-alcohol motifs (C(OH)–C–C–N with tert-alkyl or cyclic N) is 1. The Morgan fingerprint density at radius 2 is 1.63 bits per heavy atom. The summed E-state index contributed by atoms with van der Waals surface area (Å²) in [5.41, 5.74) is 3.90. The molecule has 7 nitrogen and oxygen atoms in total. The normalized spacial score (nSPS) is 21.0. The molecule has 30 heavy (non-hydrogen) atoms. The SMILES string of the molecule is COC(=O)[C@H](NC(=O)[C@@H]1C[C@@H](O)CN1C(C)=O)C1c2ccccc2-c2ccccc21. The summed E-state index contributed by atoms with van der Waals surface area (Å²) in [5, 5.41) is 12.8. The number of hydrogen-bond acceptors (Lipinski definition) is 5. The molecule has 0 spiro atoms. The largest absolute Gasteiger partial charge is 0.467 e. The van der Waals surface area contributed by atoms with Gasteiger partial charge in [0.15, 0.2) is 0 Å². The minimum absolute atomic E-state index is 0.103. The minimum atomic E-state index is -0.959. The molecule has 2 aliphatic rings. The second-order valence-corrected chi connectivity index (χ2v) is 7.74. The van der Waals surface area contributed by atoms with Crippen molar-refractivity contribution in [1.82, 2.24) is 10.2 Å².